The van der Waals surface area contributed by atoms with Crippen LogP contribution in [0.5, 0.6) is 0 Å². The Morgan fingerprint density at radius 2 is 1.64 bits per heavy atom. The van der Waals surface area contributed by atoms with Crippen molar-refractivity contribution in [3.8, 4) is 0 Å². The van der Waals surface area contributed by atoms with Crippen molar-refractivity contribution >= 4 is 29.1 Å². The van der Waals surface area contributed by atoms with E-state index < -0.39 is 0 Å². The predicted molar refractivity (Wildman–Crippen MR) is 98.3 cm³/mol. The van der Waals surface area contributed by atoms with Gasteiger partial charge in [-0.05, 0) is 35.4 Å². The Bertz CT molecular complexity index is 815. The number of imide groups is 1. The summed E-state index contributed by atoms with van der Waals surface area (Å²) in [5, 5.41) is 0. The van der Waals surface area contributed by atoms with Crippen LogP contribution in [0.1, 0.15) is 18.1 Å². The largest absolute Gasteiger partial charge is 0.274 e. The number of amides is 2. The molecule has 1 aliphatic rings. The number of carbonyl (C=O) groups excluding carboxylic acids is 2. The molecule has 0 aromatic heterocycles. The normalized spacial score (nSPS) is 14.6. The number of thioether (sulfide) groups is 1. The summed E-state index contributed by atoms with van der Waals surface area (Å²) in [4.78, 5) is 27.4. The number of nitrogens with zero attached hydrogens (tertiary/aromatic N) is 1. The van der Waals surface area contributed by atoms with E-state index in [9.17, 15) is 14.0 Å². The summed E-state index contributed by atoms with van der Waals surface area (Å²) in [6.07, 6.45) is 0.504. The fourth-order valence-corrected chi connectivity index (χ4v) is 3.66. The molecule has 128 valence electrons. The van der Waals surface area contributed by atoms with Gasteiger partial charge in [0, 0.05) is 6.54 Å². The molecule has 0 saturated heterocycles. The second-order valence-electron chi connectivity index (χ2n) is 5.64. The van der Waals surface area contributed by atoms with Gasteiger partial charge in [0.1, 0.15) is 5.82 Å². The Labute approximate surface area is 150 Å². The molecule has 1 aliphatic heterocycles. The molecular weight excluding hydrogens is 337 g/mol. The van der Waals surface area contributed by atoms with Crippen LogP contribution in [0.25, 0.3) is 5.57 Å². The van der Waals surface area contributed by atoms with Gasteiger partial charge in [0.15, 0.2) is 0 Å². The average Bonchev–Trinajstić information content (AvgIpc) is 2.86. The second kappa shape index (κ2) is 7.66. The van der Waals surface area contributed by atoms with Crippen LogP contribution < -0.4 is 0 Å². The van der Waals surface area contributed by atoms with Crippen LogP contribution in [0.15, 0.2) is 59.5 Å². The molecule has 3 nitrogen and oxygen atoms in total. The molecule has 25 heavy (non-hydrogen) atoms. The fraction of sp³-hybridized carbons (Fsp3) is 0.200. The number of halogens is 1. The first-order valence-corrected chi connectivity index (χ1v) is 9.13. The lowest BCUT2D eigenvalue weighted by Crippen LogP contribution is -2.33. The smallest absolute Gasteiger partial charge is 0.267 e. The molecule has 0 radical (unpaired) electrons. The van der Waals surface area contributed by atoms with Gasteiger partial charge in [0.05, 0.1) is 10.5 Å². The van der Waals surface area contributed by atoms with Gasteiger partial charge in [-0.25, -0.2) is 4.39 Å². The summed E-state index contributed by atoms with van der Waals surface area (Å²) in [5.41, 5.74) is 2.14. The minimum atomic E-state index is -0.299. The van der Waals surface area contributed by atoms with Crippen LogP contribution >= 0.6 is 11.8 Å². The van der Waals surface area contributed by atoms with Crippen molar-refractivity contribution in [3.63, 3.8) is 0 Å². The molecule has 1 heterocycles. The average molecular weight is 355 g/mol. The molecule has 2 aromatic carbocycles. The number of hydrogen-bond acceptors (Lipinski definition) is 3. The van der Waals surface area contributed by atoms with E-state index in [1.165, 1.54) is 28.8 Å². The van der Waals surface area contributed by atoms with Gasteiger partial charge in [-0.3, -0.25) is 14.5 Å². The van der Waals surface area contributed by atoms with E-state index in [-0.39, 0.29) is 24.2 Å². The van der Waals surface area contributed by atoms with E-state index in [1.54, 1.807) is 12.1 Å². The molecule has 5 heteroatoms. The zero-order valence-corrected chi connectivity index (χ0v) is 14.7. The Morgan fingerprint density at radius 1 is 0.960 bits per heavy atom. The molecule has 0 spiro atoms. The van der Waals surface area contributed by atoms with Crippen LogP contribution in [0.4, 0.5) is 4.39 Å². The van der Waals surface area contributed by atoms with E-state index in [4.69, 9.17) is 0 Å². The van der Waals surface area contributed by atoms with E-state index >= 15 is 0 Å². The van der Waals surface area contributed by atoms with Crippen molar-refractivity contribution < 1.29 is 14.0 Å². The monoisotopic (exact) mass is 355 g/mol. The molecule has 0 saturated carbocycles. The van der Waals surface area contributed by atoms with Crippen LogP contribution in [0.3, 0.4) is 0 Å². The molecule has 0 atom stereocenters. The van der Waals surface area contributed by atoms with Crippen molar-refractivity contribution in [2.45, 2.75) is 13.3 Å². The first kappa shape index (κ1) is 17.4. The Hall–Kier alpha value is -2.40. The minimum Gasteiger partial charge on any atom is -0.274 e. The van der Waals surface area contributed by atoms with Gasteiger partial charge >= 0.3 is 0 Å². The number of benzene rings is 2. The molecule has 0 aliphatic carbocycles. The maximum absolute atomic E-state index is 13.0. The van der Waals surface area contributed by atoms with Crippen molar-refractivity contribution in [2.75, 3.05) is 12.3 Å². The lowest BCUT2D eigenvalue weighted by molar-refractivity contribution is -0.136. The lowest BCUT2D eigenvalue weighted by atomic mass is 10.1. The third-order valence-electron chi connectivity index (χ3n) is 4.01. The van der Waals surface area contributed by atoms with E-state index in [0.29, 0.717) is 16.9 Å². The van der Waals surface area contributed by atoms with E-state index in [2.05, 4.69) is 0 Å². The molecule has 0 N–H and O–H groups in total. The second-order valence-corrected chi connectivity index (χ2v) is 6.92. The SMILES string of the molecule is CCSC1=C(c2ccccc2)C(=O)N(CCc2ccc(F)cc2)C1=O. The molecule has 0 fully saturated rings. The standard InChI is InChI=1S/C20H18FNO2S/c1-2-25-18-17(15-6-4-3-5-7-15)19(23)22(20(18)24)13-12-14-8-10-16(21)11-9-14/h3-11H,2,12-13H2,1H3. The highest BCUT2D eigenvalue weighted by Gasteiger charge is 2.38. The van der Waals surface area contributed by atoms with E-state index in [1.807, 2.05) is 37.3 Å². The lowest BCUT2D eigenvalue weighted by Gasteiger charge is -2.15. The van der Waals surface area contributed by atoms with Gasteiger partial charge in [-0.15, -0.1) is 11.8 Å². The van der Waals surface area contributed by atoms with Crippen molar-refractivity contribution in [3.05, 3.63) is 76.4 Å². The van der Waals surface area contributed by atoms with Gasteiger partial charge in [-0.1, -0.05) is 49.4 Å². The van der Waals surface area contributed by atoms with Gasteiger partial charge in [0.25, 0.3) is 11.8 Å². The zero-order chi connectivity index (χ0) is 17.8. The summed E-state index contributed by atoms with van der Waals surface area (Å²) in [6.45, 7) is 2.24. The maximum Gasteiger partial charge on any atom is 0.267 e. The molecule has 3 rings (SSSR count). The Balaban J connectivity index is 1.83. The molecular formula is C20H18FNO2S. The highest BCUT2D eigenvalue weighted by molar-refractivity contribution is 8.04. The first-order valence-electron chi connectivity index (χ1n) is 8.15. The van der Waals surface area contributed by atoms with Crippen LogP contribution in [0.2, 0.25) is 0 Å². The van der Waals surface area contributed by atoms with E-state index in [0.717, 1.165) is 16.9 Å². The maximum atomic E-state index is 13.0. The summed E-state index contributed by atoms with van der Waals surface area (Å²) in [6, 6.07) is 15.4. The minimum absolute atomic E-state index is 0.238. The summed E-state index contributed by atoms with van der Waals surface area (Å²) in [7, 11) is 0. The van der Waals surface area contributed by atoms with Gasteiger partial charge in [0.2, 0.25) is 0 Å². The van der Waals surface area contributed by atoms with Crippen LogP contribution in [-0.2, 0) is 16.0 Å². The van der Waals surface area contributed by atoms with Crippen molar-refractivity contribution in [1.82, 2.24) is 4.90 Å². The number of carbonyl (C=O) groups is 2. The van der Waals surface area contributed by atoms with Gasteiger partial charge in [-0.2, -0.15) is 0 Å². The molecule has 0 bridgehead atoms. The van der Waals surface area contributed by atoms with Crippen molar-refractivity contribution in [1.29, 1.82) is 0 Å². The summed E-state index contributed by atoms with van der Waals surface area (Å²) >= 11 is 1.40. The summed E-state index contributed by atoms with van der Waals surface area (Å²) < 4.78 is 13.0. The molecule has 0 unspecified atom stereocenters. The number of rotatable bonds is 6. The third-order valence-corrected chi connectivity index (χ3v) is 4.97. The molecule has 2 amide bonds. The number of hydrogen-bond donors (Lipinski definition) is 0. The zero-order valence-electron chi connectivity index (χ0n) is 13.9. The fourth-order valence-electron chi connectivity index (χ4n) is 2.79. The highest BCUT2D eigenvalue weighted by atomic mass is 32.2. The predicted octanol–water partition coefficient (Wildman–Crippen LogP) is 3.90. The highest BCUT2D eigenvalue weighted by Crippen LogP contribution is 2.35. The Kier molecular flexibility index (Phi) is 5.34. The summed E-state index contributed by atoms with van der Waals surface area (Å²) in [5.74, 6) is -0.0740. The Morgan fingerprint density at radius 3 is 2.28 bits per heavy atom. The van der Waals surface area contributed by atoms with Crippen LogP contribution in [0, 0.1) is 5.82 Å². The first-order chi connectivity index (χ1) is 12.1. The van der Waals surface area contributed by atoms with Crippen LogP contribution in [-0.4, -0.2) is 29.0 Å². The van der Waals surface area contributed by atoms with Gasteiger partial charge < -0.3 is 0 Å². The third kappa shape index (κ3) is 3.66. The van der Waals surface area contributed by atoms with Crippen molar-refractivity contribution in [2.24, 2.45) is 0 Å². The molecule has 2 aromatic rings. The quantitative estimate of drug-likeness (QED) is 0.738. The topological polar surface area (TPSA) is 37.4 Å².